The third-order valence-electron chi connectivity index (χ3n) is 8.41. The number of nitrogens with zero attached hydrogens (tertiary/aromatic N) is 4. The number of nitrogens with one attached hydrogen (secondary N) is 1. The van der Waals surface area contributed by atoms with Gasteiger partial charge in [-0.2, -0.15) is 0 Å². The number of pyridine rings is 1. The Labute approximate surface area is 277 Å². The largest absolute Gasteiger partial charge is 0.481 e. The minimum Gasteiger partial charge on any atom is -0.481 e. The van der Waals surface area contributed by atoms with Crippen molar-refractivity contribution in [2.75, 3.05) is 33.9 Å². The van der Waals surface area contributed by atoms with E-state index in [-0.39, 0.29) is 18.2 Å². The molecule has 5 rings (SSSR count). The second-order valence-electron chi connectivity index (χ2n) is 13.2. The third-order valence-corrected chi connectivity index (χ3v) is 8.41. The predicted molar refractivity (Wildman–Crippen MR) is 182 cm³/mol. The van der Waals surface area contributed by atoms with Gasteiger partial charge in [-0.25, -0.2) is 14.8 Å². The number of aryl methyl sites for hydroxylation is 1. The maximum absolute atomic E-state index is 13.9. The second-order valence-corrected chi connectivity index (χ2v) is 13.2. The van der Waals surface area contributed by atoms with Crippen LogP contribution in [-0.2, 0) is 27.2 Å². The van der Waals surface area contributed by atoms with Crippen LogP contribution in [0.3, 0.4) is 0 Å². The quantitative estimate of drug-likeness (QED) is 0.179. The van der Waals surface area contributed by atoms with Crippen molar-refractivity contribution in [3.05, 3.63) is 78.2 Å². The summed E-state index contributed by atoms with van der Waals surface area (Å²) < 4.78 is 18.4. The summed E-state index contributed by atoms with van der Waals surface area (Å²) in [5.41, 5.74) is 4.43. The lowest BCUT2D eigenvalue weighted by Crippen LogP contribution is -2.46. The molecule has 1 N–H and O–H groups in total. The summed E-state index contributed by atoms with van der Waals surface area (Å²) in [5, 5.41) is 2.99. The van der Waals surface area contributed by atoms with E-state index in [4.69, 9.17) is 19.2 Å². The van der Waals surface area contributed by atoms with Crippen LogP contribution in [-0.4, -0.2) is 77.0 Å². The fourth-order valence-corrected chi connectivity index (χ4v) is 6.20. The average Bonchev–Trinajstić information content (AvgIpc) is 3.43. The smallest absolute Gasteiger partial charge is 0.407 e. The molecule has 47 heavy (non-hydrogen) atoms. The molecule has 2 aromatic heterocycles. The molecule has 0 spiro atoms. The lowest BCUT2D eigenvalue weighted by atomic mass is 9.95. The molecule has 2 atom stereocenters. The van der Waals surface area contributed by atoms with Crippen LogP contribution in [0.15, 0.2) is 66.9 Å². The summed E-state index contributed by atoms with van der Waals surface area (Å²) in [5.74, 6) is 1.72. The standard InChI is InChI=1S/C37H47N5O5/c1-37(2,3)47-36(44)39-30(22-26-13-15-27(16-14-26)28-17-18-33(46-5)38-24-28)23-34(43)41-19-8-10-29(25-41)35-40-31-11-6-7-12-32(31)42(35)20-9-21-45-4/h6-7,11-18,24,29-30H,8-10,19-23,25H2,1-5H3,(H,39,44)/t29-,30-/m1/s1. The molecule has 0 radical (unpaired) electrons. The normalized spacial score (nSPS) is 15.8. The van der Waals surface area contributed by atoms with E-state index in [0.29, 0.717) is 32.0 Å². The van der Waals surface area contributed by atoms with Gasteiger partial charge in [0.1, 0.15) is 11.4 Å². The van der Waals surface area contributed by atoms with E-state index in [1.165, 1.54) is 0 Å². The summed E-state index contributed by atoms with van der Waals surface area (Å²) in [7, 11) is 3.31. The van der Waals surface area contributed by atoms with Crippen LogP contribution >= 0.6 is 0 Å². The summed E-state index contributed by atoms with van der Waals surface area (Å²) in [6, 6.07) is 19.7. The molecular weight excluding hydrogens is 594 g/mol. The number of aromatic nitrogens is 3. The van der Waals surface area contributed by atoms with Crippen molar-refractivity contribution in [1.82, 2.24) is 24.8 Å². The minimum atomic E-state index is -0.651. The first-order valence-electron chi connectivity index (χ1n) is 16.4. The number of fused-ring (bicyclic) bond motifs is 1. The fraction of sp³-hybridized carbons (Fsp3) is 0.459. The number of para-hydroxylation sites is 2. The van der Waals surface area contributed by atoms with Crippen LogP contribution in [0, 0.1) is 0 Å². The Bertz CT molecular complexity index is 1630. The first kappa shape index (κ1) is 33.9. The number of hydrogen-bond donors (Lipinski definition) is 1. The monoisotopic (exact) mass is 641 g/mol. The summed E-state index contributed by atoms with van der Waals surface area (Å²) in [6.45, 7) is 8.25. The zero-order valence-corrected chi connectivity index (χ0v) is 28.2. The van der Waals surface area contributed by atoms with E-state index in [1.807, 2.05) is 80.3 Å². The van der Waals surface area contributed by atoms with Crippen molar-refractivity contribution in [3.63, 3.8) is 0 Å². The number of piperidine rings is 1. The molecular formula is C37H47N5O5. The van der Waals surface area contributed by atoms with Crippen molar-refractivity contribution in [3.8, 4) is 17.0 Å². The Hall–Kier alpha value is -4.44. The van der Waals surface area contributed by atoms with Gasteiger partial charge in [0.15, 0.2) is 0 Å². The van der Waals surface area contributed by atoms with Crippen molar-refractivity contribution in [1.29, 1.82) is 0 Å². The van der Waals surface area contributed by atoms with E-state index in [1.54, 1.807) is 20.4 Å². The first-order valence-corrected chi connectivity index (χ1v) is 16.4. The number of benzene rings is 2. The molecule has 0 saturated carbocycles. The van der Waals surface area contributed by atoms with Crippen LogP contribution in [0.1, 0.15) is 63.8 Å². The third kappa shape index (κ3) is 9.10. The average molecular weight is 642 g/mol. The number of hydrogen-bond acceptors (Lipinski definition) is 7. The first-order chi connectivity index (χ1) is 22.6. The van der Waals surface area contributed by atoms with Gasteiger partial charge in [-0.3, -0.25) is 4.79 Å². The van der Waals surface area contributed by atoms with Crippen molar-refractivity contribution >= 4 is 23.0 Å². The number of carbonyl (C=O) groups excluding carboxylic acids is 2. The van der Waals surface area contributed by atoms with Crippen LogP contribution in [0.5, 0.6) is 5.88 Å². The van der Waals surface area contributed by atoms with Crippen molar-refractivity contribution in [2.45, 2.75) is 77.0 Å². The number of likely N-dealkylation sites (tertiary alicyclic amines) is 1. The molecule has 0 unspecified atom stereocenters. The van der Waals surface area contributed by atoms with Gasteiger partial charge in [-0.1, -0.05) is 36.4 Å². The highest BCUT2D eigenvalue weighted by Crippen LogP contribution is 2.30. The Morgan fingerprint density at radius 3 is 2.49 bits per heavy atom. The number of imidazole rings is 1. The van der Waals surface area contributed by atoms with E-state index >= 15 is 0 Å². The maximum atomic E-state index is 13.9. The molecule has 1 fully saturated rings. The number of rotatable bonds is 12. The minimum absolute atomic E-state index is 0.0127. The highest BCUT2D eigenvalue weighted by atomic mass is 16.6. The lowest BCUT2D eigenvalue weighted by Gasteiger charge is -2.34. The summed E-state index contributed by atoms with van der Waals surface area (Å²) in [4.78, 5) is 38.0. The van der Waals surface area contributed by atoms with Gasteiger partial charge in [0.05, 0.1) is 18.1 Å². The SMILES string of the molecule is COCCCn1c([C@@H]2CCCN(C(=O)C[C@@H](Cc3ccc(-c4ccc(OC)nc4)cc3)NC(=O)OC(C)(C)C)C2)nc2ccccc21. The van der Waals surface area contributed by atoms with Crippen LogP contribution < -0.4 is 10.1 Å². The number of amides is 2. The highest BCUT2D eigenvalue weighted by Gasteiger charge is 2.30. The zero-order valence-electron chi connectivity index (χ0n) is 28.2. The van der Waals surface area contributed by atoms with Gasteiger partial charge < -0.3 is 29.0 Å². The number of ether oxygens (including phenoxy) is 3. The maximum Gasteiger partial charge on any atom is 0.407 e. The molecule has 4 aromatic rings. The Morgan fingerprint density at radius 2 is 1.79 bits per heavy atom. The summed E-state index contributed by atoms with van der Waals surface area (Å²) >= 11 is 0. The molecule has 2 amide bonds. The van der Waals surface area contributed by atoms with Crippen LogP contribution in [0.25, 0.3) is 22.2 Å². The molecule has 0 bridgehead atoms. The zero-order chi connectivity index (χ0) is 33.4. The van der Waals surface area contributed by atoms with Crippen LogP contribution in [0.4, 0.5) is 4.79 Å². The second kappa shape index (κ2) is 15.4. The Kier molecular flexibility index (Phi) is 11.1. The molecule has 1 aliphatic rings. The molecule has 1 saturated heterocycles. The van der Waals surface area contributed by atoms with E-state index in [2.05, 4.69) is 20.9 Å². The van der Waals surface area contributed by atoms with E-state index in [0.717, 1.165) is 59.4 Å². The van der Waals surface area contributed by atoms with Crippen LogP contribution in [0.2, 0.25) is 0 Å². The highest BCUT2D eigenvalue weighted by molar-refractivity contribution is 5.79. The Balaban J connectivity index is 1.30. The van der Waals surface area contributed by atoms with Gasteiger partial charge in [-0.15, -0.1) is 0 Å². The molecule has 10 heteroatoms. The molecule has 250 valence electrons. The van der Waals surface area contributed by atoms with Gasteiger partial charge in [0.25, 0.3) is 0 Å². The van der Waals surface area contributed by atoms with E-state index in [9.17, 15) is 9.59 Å². The fourth-order valence-electron chi connectivity index (χ4n) is 6.20. The summed E-state index contributed by atoms with van der Waals surface area (Å²) in [6.07, 6.45) is 4.64. The van der Waals surface area contributed by atoms with Crippen molar-refractivity contribution < 1.29 is 23.8 Å². The number of carbonyl (C=O) groups is 2. The van der Waals surface area contributed by atoms with Gasteiger partial charge in [0, 0.05) is 69.6 Å². The number of methoxy groups -OCH3 is 2. The topological polar surface area (TPSA) is 108 Å². The van der Waals surface area contributed by atoms with E-state index < -0.39 is 17.7 Å². The van der Waals surface area contributed by atoms with Gasteiger partial charge in [0.2, 0.25) is 11.8 Å². The molecule has 2 aromatic carbocycles. The molecule has 3 heterocycles. The predicted octanol–water partition coefficient (Wildman–Crippen LogP) is 6.38. The van der Waals surface area contributed by atoms with Gasteiger partial charge >= 0.3 is 6.09 Å². The van der Waals surface area contributed by atoms with Gasteiger partial charge in [-0.05, 0) is 75.8 Å². The number of alkyl carbamates (subject to hydrolysis) is 1. The molecule has 10 nitrogen and oxygen atoms in total. The molecule has 0 aliphatic carbocycles. The lowest BCUT2D eigenvalue weighted by molar-refractivity contribution is -0.132. The molecule has 1 aliphatic heterocycles. The van der Waals surface area contributed by atoms with Crippen molar-refractivity contribution in [2.24, 2.45) is 0 Å². The Morgan fingerprint density at radius 1 is 1.02 bits per heavy atom.